The first-order valence-corrected chi connectivity index (χ1v) is 8.29. The van der Waals surface area contributed by atoms with Gasteiger partial charge in [0, 0.05) is 12.8 Å². The molecule has 0 radical (unpaired) electrons. The molecule has 0 spiro atoms. The highest BCUT2D eigenvalue weighted by molar-refractivity contribution is 5.75. The second-order valence-corrected chi connectivity index (χ2v) is 6.38. The molecule has 2 unspecified atom stereocenters. The van der Waals surface area contributed by atoms with E-state index in [0.717, 1.165) is 11.1 Å². The molecular formula is C20H24N2O3. The summed E-state index contributed by atoms with van der Waals surface area (Å²) in [5.41, 5.74) is 12.6. The minimum absolute atomic E-state index is 0.0811. The van der Waals surface area contributed by atoms with E-state index in [2.05, 4.69) is 0 Å². The molecule has 0 fully saturated rings. The number of amides is 2. The monoisotopic (exact) mass is 340 g/mol. The second kappa shape index (κ2) is 8.33. The van der Waals surface area contributed by atoms with Crippen LogP contribution in [0, 0.1) is 0 Å². The van der Waals surface area contributed by atoms with Crippen molar-refractivity contribution in [1.82, 2.24) is 0 Å². The molecule has 0 aliphatic carbocycles. The third-order valence-corrected chi connectivity index (χ3v) is 4.15. The molecule has 0 aliphatic rings. The van der Waals surface area contributed by atoms with Gasteiger partial charge in [-0.25, -0.2) is 0 Å². The van der Waals surface area contributed by atoms with Crippen molar-refractivity contribution in [3.63, 3.8) is 0 Å². The van der Waals surface area contributed by atoms with Gasteiger partial charge in [0.2, 0.25) is 11.8 Å². The van der Waals surface area contributed by atoms with Crippen molar-refractivity contribution >= 4 is 11.8 Å². The fourth-order valence-corrected chi connectivity index (χ4v) is 2.70. The SMILES string of the molecule is CC(CC(N)=O)c1ccc(Oc2ccc(C(C)CC(N)=O)cc2)cc1. The quantitative estimate of drug-likeness (QED) is 0.770. The molecule has 5 nitrogen and oxygen atoms in total. The summed E-state index contributed by atoms with van der Waals surface area (Å²) in [6.07, 6.45) is 0.649. The fourth-order valence-electron chi connectivity index (χ4n) is 2.70. The number of carbonyl (C=O) groups excluding carboxylic acids is 2. The summed E-state index contributed by atoms with van der Waals surface area (Å²) in [5.74, 6) is 0.980. The molecular weight excluding hydrogens is 316 g/mol. The second-order valence-electron chi connectivity index (χ2n) is 6.38. The van der Waals surface area contributed by atoms with Crippen molar-refractivity contribution in [1.29, 1.82) is 0 Å². The molecule has 25 heavy (non-hydrogen) atoms. The minimum atomic E-state index is -0.307. The topological polar surface area (TPSA) is 95.4 Å². The number of hydrogen-bond donors (Lipinski definition) is 2. The Morgan fingerprint density at radius 1 is 0.760 bits per heavy atom. The van der Waals surface area contributed by atoms with Gasteiger partial charge in [-0.1, -0.05) is 38.1 Å². The predicted molar refractivity (Wildman–Crippen MR) is 97.4 cm³/mol. The maximum absolute atomic E-state index is 11.0. The Morgan fingerprint density at radius 3 is 1.36 bits per heavy atom. The lowest BCUT2D eigenvalue weighted by Crippen LogP contribution is -2.13. The average molecular weight is 340 g/mol. The predicted octanol–water partition coefficient (Wildman–Crippen LogP) is 3.44. The van der Waals surface area contributed by atoms with E-state index in [0.29, 0.717) is 24.3 Å². The van der Waals surface area contributed by atoms with E-state index >= 15 is 0 Å². The number of ether oxygens (including phenoxy) is 1. The van der Waals surface area contributed by atoms with Crippen LogP contribution in [0.2, 0.25) is 0 Å². The number of carbonyl (C=O) groups is 2. The zero-order valence-corrected chi connectivity index (χ0v) is 14.6. The van der Waals surface area contributed by atoms with Crippen LogP contribution >= 0.6 is 0 Å². The van der Waals surface area contributed by atoms with Crippen LogP contribution in [0.4, 0.5) is 0 Å². The van der Waals surface area contributed by atoms with Gasteiger partial charge in [0.05, 0.1) is 0 Å². The maximum atomic E-state index is 11.0. The van der Waals surface area contributed by atoms with Crippen molar-refractivity contribution in [3.05, 3.63) is 59.7 Å². The fraction of sp³-hybridized carbons (Fsp3) is 0.300. The zero-order chi connectivity index (χ0) is 18.4. The lowest BCUT2D eigenvalue weighted by molar-refractivity contribution is -0.119. The van der Waals surface area contributed by atoms with Gasteiger partial charge in [-0.05, 0) is 47.2 Å². The third kappa shape index (κ3) is 5.64. The molecule has 2 atom stereocenters. The van der Waals surface area contributed by atoms with Gasteiger partial charge >= 0.3 is 0 Å². The van der Waals surface area contributed by atoms with Crippen LogP contribution in [0.5, 0.6) is 11.5 Å². The summed E-state index contributed by atoms with van der Waals surface area (Å²) in [6.45, 7) is 3.93. The number of hydrogen-bond acceptors (Lipinski definition) is 3. The summed E-state index contributed by atoms with van der Waals surface area (Å²) in [5, 5.41) is 0. The van der Waals surface area contributed by atoms with Gasteiger partial charge in [-0.2, -0.15) is 0 Å². The van der Waals surface area contributed by atoms with Crippen molar-refractivity contribution < 1.29 is 14.3 Å². The van der Waals surface area contributed by atoms with Crippen molar-refractivity contribution in [2.24, 2.45) is 11.5 Å². The van der Waals surface area contributed by atoms with Crippen LogP contribution in [0.15, 0.2) is 48.5 Å². The van der Waals surface area contributed by atoms with Crippen LogP contribution in [0.3, 0.4) is 0 Å². The molecule has 0 heterocycles. The van der Waals surface area contributed by atoms with Crippen LogP contribution in [-0.4, -0.2) is 11.8 Å². The minimum Gasteiger partial charge on any atom is -0.457 e. The highest BCUT2D eigenvalue weighted by atomic mass is 16.5. The highest BCUT2D eigenvalue weighted by Crippen LogP contribution is 2.27. The molecule has 0 aromatic heterocycles. The van der Waals surface area contributed by atoms with Crippen LogP contribution in [0.1, 0.15) is 49.7 Å². The summed E-state index contributed by atoms with van der Waals surface area (Å²) in [6, 6.07) is 15.2. The van der Waals surface area contributed by atoms with E-state index in [1.54, 1.807) is 0 Å². The highest BCUT2D eigenvalue weighted by Gasteiger charge is 2.10. The van der Waals surface area contributed by atoms with Gasteiger partial charge < -0.3 is 16.2 Å². The maximum Gasteiger partial charge on any atom is 0.218 e. The Labute approximate surface area is 148 Å². The molecule has 2 amide bonds. The zero-order valence-electron chi connectivity index (χ0n) is 14.6. The Balaban J connectivity index is 2.00. The number of rotatable bonds is 8. The standard InChI is InChI=1S/C20H24N2O3/c1-13(11-19(21)23)15-3-7-17(8-4-15)25-18-9-5-16(6-10-18)14(2)12-20(22)24/h3-10,13-14H,11-12H2,1-2H3,(H2,21,23)(H2,22,24). The van der Waals surface area contributed by atoms with Crippen molar-refractivity contribution in [3.8, 4) is 11.5 Å². The molecule has 132 valence electrons. The van der Waals surface area contributed by atoms with Gasteiger partial charge in [0.15, 0.2) is 0 Å². The summed E-state index contributed by atoms with van der Waals surface area (Å²) < 4.78 is 5.83. The molecule has 4 N–H and O–H groups in total. The smallest absolute Gasteiger partial charge is 0.218 e. The van der Waals surface area contributed by atoms with Gasteiger partial charge in [-0.3, -0.25) is 9.59 Å². The lowest BCUT2D eigenvalue weighted by atomic mass is 9.97. The molecule has 0 saturated heterocycles. The Kier molecular flexibility index (Phi) is 6.17. The van der Waals surface area contributed by atoms with Crippen LogP contribution in [0.25, 0.3) is 0 Å². The van der Waals surface area contributed by atoms with E-state index in [4.69, 9.17) is 16.2 Å². The number of nitrogens with two attached hydrogens (primary N) is 2. The van der Waals surface area contributed by atoms with Gasteiger partial charge in [0.25, 0.3) is 0 Å². The van der Waals surface area contributed by atoms with E-state index in [-0.39, 0.29) is 23.7 Å². The Hall–Kier alpha value is -2.82. The molecule has 2 aromatic rings. The Morgan fingerprint density at radius 2 is 1.08 bits per heavy atom. The average Bonchev–Trinajstić information content (AvgIpc) is 2.55. The van der Waals surface area contributed by atoms with E-state index in [1.807, 2.05) is 62.4 Å². The van der Waals surface area contributed by atoms with E-state index < -0.39 is 0 Å². The van der Waals surface area contributed by atoms with E-state index in [9.17, 15) is 9.59 Å². The molecule has 2 aromatic carbocycles. The largest absolute Gasteiger partial charge is 0.457 e. The summed E-state index contributed by atoms with van der Waals surface area (Å²) in [7, 11) is 0. The van der Waals surface area contributed by atoms with E-state index in [1.165, 1.54) is 0 Å². The first-order chi connectivity index (χ1) is 11.8. The summed E-state index contributed by atoms with van der Waals surface area (Å²) >= 11 is 0. The third-order valence-electron chi connectivity index (χ3n) is 4.15. The van der Waals surface area contributed by atoms with Crippen LogP contribution < -0.4 is 16.2 Å². The lowest BCUT2D eigenvalue weighted by Gasteiger charge is -2.12. The molecule has 0 saturated carbocycles. The number of benzene rings is 2. The van der Waals surface area contributed by atoms with Crippen LogP contribution in [-0.2, 0) is 9.59 Å². The molecule has 0 aliphatic heterocycles. The van der Waals surface area contributed by atoms with Crippen molar-refractivity contribution in [2.45, 2.75) is 38.5 Å². The van der Waals surface area contributed by atoms with Gasteiger partial charge in [0.1, 0.15) is 11.5 Å². The first kappa shape index (κ1) is 18.5. The molecule has 2 rings (SSSR count). The normalized spacial score (nSPS) is 13.0. The molecule has 5 heteroatoms. The van der Waals surface area contributed by atoms with Crippen molar-refractivity contribution in [2.75, 3.05) is 0 Å². The Bertz CT molecular complexity index is 660. The van der Waals surface area contributed by atoms with Gasteiger partial charge in [-0.15, -0.1) is 0 Å². The summed E-state index contributed by atoms with van der Waals surface area (Å²) in [4.78, 5) is 22.0. The first-order valence-electron chi connectivity index (χ1n) is 8.29. The molecule has 0 bridgehead atoms. The number of primary amides is 2.